The third-order valence-electron chi connectivity index (χ3n) is 3.25. The molecular weight excluding hydrogens is 248 g/mol. The molecule has 1 aliphatic heterocycles. The molecule has 7 heteroatoms. The van der Waals surface area contributed by atoms with E-state index < -0.39 is 6.29 Å². The molecule has 1 aromatic heterocycles. The van der Waals surface area contributed by atoms with Crippen molar-refractivity contribution in [1.82, 2.24) is 14.9 Å². The molecule has 1 aliphatic rings. The molecule has 1 fully saturated rings. The van der Waals surface area contributed by atoms with Crippen LogP contribution < -0.4 is 5.32 Å². The van der Waals surface area contributed by atoms with Crippen molar-refractivity contribution in [2.75, 3.05) is 18.4 Å². The fourth-order valence-electron chi connectivity index (χ4n) is 2.14. The standard InChI is InChI=1S/C12H18N4O3/c1-8(17)16-4-2-9(3-5-16)15-11-6-10(12(18)19)13-7-14-11/h6-7,9,12,18-19H,2-5H2,1H3,(H,13,14,15). The van der Waals surface area contributed by atoms with Gasteiger partial charge in [0.05, 0.1) is 0 Å². The van der Waals surface area contributed by atoms with Crippen LogP contribution in [0.3, 0.4) is 0 Å². The first-order chi connectivity index (χ1) is 9.06. The number of carbonyl (C=O) groups excluding carboxylic acids is 1. The summed E-state index contributed by atoms with van der Waals surface area (Å²) < 4.78 is 0. The van der Waals surface area contributed by atoms with E-state index in [1.54, 1.807) is 6.92 Å². The lowest BCUT2D eigenvalue weighted by molar-refractivity contribution is -0.129. The Kier molecular flexibility index (Phi) is 4.28. The van der Waals surface area contributed by atoms with E-state index >= 15 is 0 Å². The monoisotopic (exact) mass is 266 g/mol. The van der Waals surface area contributed by atoms with Crippen molar-refractivity contribution in [3.8, 4) is 0 Å². The number of rotatable bonds is 3. The Hall–Kier alpha value is -1.73. The zero-order valence-electron chi connectivity index (χ0n) is 10.8. The van der Waals surface area contributed by atoms with Crippen LogP contribution in [0, 0.1) is 0 Å². The van der Waals surface area contributed by atoms with Gasteiger partial charge in [-0.1, -0.05) is 0 Å². The Balaban J connectivity index is 1.92. The maximum absolute atomic E-state index is 11.2. The smallest absolute Gasteiger partial charge is 0.219 e. The number of anilines is 1. The molecule has 1 saturated heterocycles. The fourth-order valence-corrected chi connectivity index (χ4v) is 2.14. The molecule has 1 aromatic rings. The van der Waals surface area contributed by atoms with Gasteiger partial charge in [0.25, 0.3) is 0 Å². The molecule has 0 unspecified atom stereocenters. The summed E-state index contributed by atoms with van der Waals surface area (Å²) >= 11 is 0. The minimum Gasteiger partial charge on any atom is -0.367 e. The number of aliphatic hydroxyl groups excluding tert-OH is 1. The van der Waals surface area contributed by atoms with Crippen molar-refractivity contribution in [3.05, 3.63) is 18.1 Å². The molecule has 0 aromatic carbocycles. The summed E-state index contributed by atoms with van der Waals surface area (Å²) in [6, 6.07) is 1.75. The predicted molar refractivity (Wildman–Crippen MR) is 68.1 cm³/mol. The van der Waals surface area contributed by atoms with Crippen LogP contribution in [0.5, 0.6) is 0 Å². The average molecular weight is 266 g/mol. The number of likely N-dealkylation sites (tertiary alicyclic amines) is 1. The zero-order chi connectivity index (χ0) is 13.8. The maximum atomic E-state index is 11.2. The van der Waals surface area contributed by atoms with Crippen LogP contribution in [0.1, 0.15) is 31.7 Å². The Morgan fingerprint density at radius 3 is 2.68 bits per heavy atom. The first kappa shape index (κ1) is 13.7. The fraction of sp³-hybridized carbons (Fsp3) is 0.583. The highest BCUT2D eigenvalue weighted by atomic mass is 16.5. The lowest BCUT2D eigenvalue weighted by Gasteiger charge is -2.31. The molecule has 0 radical (unpaired) electrons. The van der Waals surface area contributed by atoms with Crippen molar-refractivity contribution < 1.29 is 15.0 Å². The van der Waals surface area contributed by atoms with Gasteiger partial charge in [0.1, 0.15) is 17.8 Å². The highest BCUT2D eigenvalue weighted by molar-refractivity contribution is 5.73. The molecule has 0 atom stereocenters. The van der Waals surface area contributed by atoms with Crippen molar-refractivity contribution in [2.45, 2.75) is 32.1 Å². The number of hydrogen-bond donors (Lipinski definition) is 3. The average Bonchev–Trinajstić information content (AvgIpc) is 2.39. The van der Waals surface area contributed by atoms with E-state index in [4.69, 9.17) is 10.2 Å². The highest BCUT2D eigenvalue weighted by Gasteiger charge is 2.20. The number of piperidine rings is 1. The molecule has 3 N–H and O–H groups in total. The van der Waals surface area contributed by atoms with Gasteiger partial charge in [-0.2, -0.15) is 0 Å². The second kappa shape index (κ2) is 5.94. The van der Waals surface area contributed by atoms with Crippen molar-refractivity contribution in [2.24, 2.45) is 0 Å². The van der Waals surface area contributed by atoms with E-state index in [9.17, 15) is 4.79 Å². The molecular formula is C12H18N4O3. The molecule has 2 heterocycles. The summed E-state index contributed by atoms with van der Waals surface area (Å²) in [4.78, 5) is 20.8. The number of carbonyl (C=O) groups is 1. The van der Waals surface area contributed by atoms with Gasteiger partial charge in [0.15, 0.2) is 6.29 Å². The largest absolute Gasteiger partial charge is 0.367 e. The molecule has 7 nitrogen and oxygen atoms in total. The van der Waals surface area contributed by atoms with Gasteiger partial charge in [-0.25, -0.2) is 9.97 Å². The minimum atomic E-state index is -1.59. The number of nitrogens with one attached hydrogen (secondary N) is 1. The SMILES string of the molecule is CC(=O)N1CCC(Nc2cc(C(O)O)ncn2)CC1. The van der Waals surface area contributed by atoms with Crippen LogP contribution >= 0.6 is 0 Å². The number of nitrogens with zero attached hydrogens (tertiary/aromatic N) is 3. The Morgan fingerprint density at radius 1 is 1.42 bits per heavy atom. The molecule has 0 saturated carbocycles. The molecule has 104 valence electrons. The highest BCUT2D eigenvalue weighted by Crippen LogP contribution is 2.16. The third kappa shape index (κ3) is 3.62. The molecule has 2 rings (SSSR count). The summed E-state index contributed by atoms with van der Waals surface area (Å²) in [6.07, 6.45) is 1.39. The van der Waals surface area contributed by atoms with E-state index in [1.165, 1.54) is 12.4 Å². The molecule has 19 heavy (non-hydrogen) atoms. The first-order valence-electron chi connectivity index (χ1n) is 6.26. The van der Waals surface area contributed by atoms with Crippen molar-refractivity contribution in [3.63, 3.8) is 0 Å². The quantitative estimate of drug-likeness (QED) is 0.660. The second-order valence-electron chi connectivity index (χ2n) is 4.63. The molecule has 0 aliphatic carbocycles. The summed E-state index contributed by atoms with van der Waals surface area (Å²) in [5.74, 6) is 0.672. The van der Waals surface area contributed by atoms with Crippen LogP contribution in [0.4, 0.5) is 5.82 Å². The summed E-state index contributed by atoms with van der Waals surface area (Å²) in [5, 5.41) is 21.3. The van der Waals surface area contributed by atoms with Crippen molar-refractivity contribution >= 4 is 11.7 Å². The number of hydrogen-bond acceptors (Lipinski definition) is 6. The van der Waals surface area contributed by atoms with Crippen LogP contribution in [-0.2, 0) is 4.79 Å². The lowest BCUT2D eigenvalue weighted by Crippen LogP contribution is -2.41. The van der Waals surface area contributed by atoms with E-state index in [-0.39, 0.29) is 17.6 Å². The van der Waals surface area contributed by atoms with Crippen LogP contribution in [-0.4, -0.2) is 50.1 Å². The number of amides is 1. The first-order valence-corrected chi connectivity index (χ1v) is 6.26. The third-order valence-corrected chi connectivity index (χ3v) is 3.25. The second-order valence-corrected chi connectivity index (χ2v) is 4.63. The van der Waals surface area contributed by atoms with E-state index in [0.29, 0.717) is 5.82 Å². The van der Waals surface area contributed by atoms with Gasteiger partial charge in [-0.3, -0.25) is 4.79 Å². The van der Waals surface area contributed by atoms with Gasteiger partial charge in [0, 0.05) is 32.1 Å². The van der Waals surface area contributed by atoms with Crippen molar-refractivity contribution in [1.29, 1.82) is 0 Å². The molecule has 0 bridgehead atoms. The summed E-state index contributed by atoms with van der Waals surface area (Å²) in [6.45, 7) is 3.04. The number of aliphatic hydroxyl groups is 2. The van der Waals surface area contributed by atoms with E-state index in [1.807, 2.05) is 4.90 Å². The Labute approximate surface area is 111 Å². The van der Waals surface area contributed by atoms with Gasteiger partial charge in [-0.05, 0) is 12.8 Å². The molecule has 0 spiro atoms. The van der Waals surface area contributed by atoms with E-state index in [0.717, 1.165) is 25.9 Å². The topological polar surface area (TPSA) is 98.6 Å². The zero-order valence-corrected chi connectivity index (χ0v) is 10.8. The normalized spacial score (nSPS) is 16.7. The van der Waals surface area contributed by atoms with Gasteiger partial charge < -0.3 is 20.4 Å². The van der Waals surface area contributed by atoms with Crippen LogP contribution in [0.2, 0.25) is 0 Å². The van der Waals surface area contributed by atoms with Crippen LogP contribution in [0.15, 0.2) is 12.4 Å². The van der Waals surface area contributed by atoms with E-state index in [2.05, 4.69) is 15.3 Å². The Bertz CT molecular complexity index is 444. The lowest BCUT2D eigenvalue weighted by atomic mass is 10.1. The van der Waals surface area contributed by atoms with Gasteiger partial charge in [0.2, 0.25) is 5.91 Å². The van der Waals surface area contributed by atoms with Gasteiger partial charge >= 0.3 is 0 Å². The van der Waals surface area contributed by atoms with Crippen LogP contribution in [0.25, 0.3) is 0 Å². The minimum absolute atomic E-state index is 0.103. The maximum Gasteiger partial charge on any atom is 0.219 e. The Morgan fingerprint density at radius 2 is 2.11 bits per heavy atom. The molecule has 1 amide bonds. The number of aromatic nitrogens is 2. The van der Waals surface area contributed by atoms with Gasteiger partial charge in [-0.15, -0.1) is 0 Å². The summed E-state index contributed by atoms with van der Waals surface area (Å²) in [7, 11) is 0. The predicted octanol–water partition coefficient (Wildman–Crippen LogP) is -0.117. The summed E-state index contributed by atoms with van der Waals surface area (Å²) in [5.41, 5.74) is 0.165.